The summed E-state index contributed by atoms with van der Waals surface area (Å²) in [4.78, 5) is 48.8. The number of benzene rings is 1. The number of fused-ring (bicyclic) bond motifs is 1. The first-order valence-electron chi connectivity index (χ1n) is 14.5. The number of carboxylic acid groups (broad SMARTS) is 1. The maximum Gasteiger partial charge on any atom is 0.357 e. The molecule has 216 valence electrons. The van der Waals surface area contributed by atoms with Crippen molar-refractivity contribution in [2.75, 3.05) is 18.4 Å². The highest BCUT2D eigenvalue weighted by Crippen LogP contribution is 2.28. The number of aromatic carboxylic acids is 1. The van der Waals surface area contributed by atoms with Crippen LogP contribution in [0.4, 0.5) is 10.5 Å². The van der Waals surface area contributed by atoms with Gasteiger partial charge in [0, 0.05) is 35.9 Å². The second kappa shape index (κ2) is 12.1. The Hall–Kier alpha value is -4.64. The predicted molar refractivity (Wildman–Crippen MR) is 157 cm³/mol. The van der Waals surface area contributed by atoms with Crippen molar-refractivity contribution in [1.29, 1.82) is 0 Å². The number of piperidine rings is 1. The topological polar surface area (TPSA) is 142 Å². The van der Waals surface area contributed by atoms with E-state index in [-0.39, 0.29) is 23.3 Å². The quantitative estimate of drug-likeness (QED) is 0.285. The molecule has 1 saturated heterocycles. The number of nitrogens with one attached hydrogen (secondary N) is 2. The molecule has 3 N–H and O–H groups in total. The number of likely N-dealkylation sites (tertiary alicyclic amines) is 1. The normalized spacial score (nSPS) is 16.0. The van der Waals surface area contributed by atoms with Crippen LogP contribution in [-0.4, -0.2) is 66.8 Å². The van der Waals surface area contributed by atoms with Crippen molar-refractivity contribution in [1.82, 2.24) is 30.0 Å². The molecule has 2 fully saturated rings. The van der Waals surface area contributed by atoms with E-state index >= 15 is 0 Å². The first-order valence-corrected chi connectivity index (χ1v) is 14.5. The summed E-state index contributed by atoms with van der Waals surface area (Å²) in [5.41, 5.74) is 3.49. The van der Waals surface area contributed by atoms with E-state index in [9.17, 15) is 19.5 Å². The molecule has 11 heteroatoms. The molecule has 0 bridgehead atoms. The van der Waals surface area contributed by atoms with Crippen LogP contribution in [0.15, 0.2) is 55.0 Å². The summed E-state index contributed by atoms with van der Waals surface area (Å²) in [5, 5.41) is 20.0. The van der Waals surface area contributed by atoms with E-state index in [0.29, 0.717) is 16.6 Å². The molecule has 4 heterocycles. The SMILES string of the molecule is O=C(NC1CCCC1)c1ccc(NC(=O)n2nc(C(=O)O)c3cc(-c4cncc(CN5CCCCC5)c4)ccc32)cn1. The van der Waals surface area contributed by atoms with E-state index in [1.54, 1.807) is 30.5 Å². The van der Waals surface area contributed by atoms with E-state index in [0.717, 1.165) is 66.7 Å². The van der Waals surface area contributed by atoms with Gasteiger partial charge in [-0.25, -0.2) is 14.6 Å². The zero-order chi connectivity index (χ0) is 29.1. The van der Waals surface area contributed by atoms with Crippen LogP contribution in [0.1, 0.15) is 71.5 Å². The third kappa shape index (κ3) is 6.01. The van der Waals surface area contributed by atoms with Crippen LogP contribution in [0.5, 0.6) is 0 Å². The molecule has 2 amide bonds. The molecule has 0 atom stereocenters. The van der Waals surface area contributed by atoms with Gasteiger partial charge >= 0.3 is 12.0 Å². The van der Waals surface area contributed by atoms with Gasteiger partial charge in [-0.1, -0.05) is 25.3 Å². The van der Waals surface area contributed by atoms with Gasteiger partial charge in [0.2, 0.25) is 0 Å². The van der Waals surface area contributed by atoms with Crippen LogP contribution in [0.2, 0.25) is 0 Å². The van der Waals surface area contributed by atoms with E-state index in [4.69, 9.17) is 0 Å². The number of carbonyl (C=O) groups excluding carboxylic acids is 2. The van der Waals surface area contributed by atoms with E-state index < -0.39 is 12.0 Å². The minimum atomic E-state index is -1.24. The summed E-state index contributed by atoms with van der Waals surface area (Å²) in [6, 6.07) is 9.99. The Balaban J connectivity index is 1.21. The van der Waals surface area contributed by atoms with Crippen molar-refractivity contribution in [2.24, 2.45) is 0 Å². The molecule has 4 aromatic rings. The van der Waals surface area contributed by atoms with Gasteiger partial charge in [0.05, 0.1) is 17.4 Å². The molecule has 0 radical (unpaired) electrons. The lowest BCUT2D eigenvalue weighted by atomic mass is 10.0. The summed E-state index contributed by atoms with van der Waals surface area (Å²) >= 11 is 0. The number of rotatable bonds is 7. The largest absolute Gasteiger partial charge is 0.476 e. The Morgan fingerprint density at radius 3 is 2.45 bits per heavy atom. The Morgan fingerprint density at radius 2 is 1.71 bits per heavy atom. The molecule has 1 aromatic carbocycles. The fraction of sp³-hybridized carbons (Fsp3) is 0.355. The molecule has 6 rings (SSSR count). The Morgan fingerprint density at radius 1 is 0.905 bits per heavy atom. The number of carbonyl (C=O) groups is 3. The monoisotopic (exact) mass is 567 g/mol. The van der Waals surface area contributed by atoms with Crippen molar-refractivity contribution in [3.05, 3.63) is 71.9 Å². The Bertz CT molecular complexity index is 1620. The summed E-state index contributed by atoms with van der Waals surface area (Å²) in [6.07, 6.45) is 12.9. The molecule has 1 aliphatic heterocycles. The summed E-state index contributed by atoms with van der Waals surface area (Å²) in [6.45, 7) is 2.98. The first-order chi connectivity index (χ1) is 20.4. The zero-order valence-corrected chi connectivity index (χ0v) is 23.3. The minimum absolute atomic E-state index is 0.176. The van der Waals surface area contributed by atoms with Crippen LogP contribution in [-0.2, 0) is 6.54 Å². The number of aromatic nitrogens is 4. The van der Waals surface area contributed by atoms with Crippen molar-refractivity contribution < 1.29 is 19.5 Å². The molecule has 2 aliphatic rings. The molecular formula is C31H33N7O4. The highest BCUT2D eigenvalue weighted by atomic mass is 16.4. The number of hydrogen-bond donors (Lipinski definition) is 3. The van der Waals surface area contributed by atoms with Gasteiger partial charge in [0.25, 0.3) is 5.91 Å². The average molecular weight is 568 g/mol. The number of amides is 2. The lowest BCUT2D eigenvalue weighted by Gasteiger charge is -2.26. The van der Waals surface area contributed by atoms with E-state index in [1.807, 2.05) is 12.3 Å². The highest BCUT2D eigenvalue weighted by molar-refractivity contribution is 6.06. The van der Waals surface area contributed by atoms with Gasteiger partial charge in [-0.2, -0.15) is 9.78 Å². The number of anilines is 1. The number of pyridine rings is 2. The molecular weight excluding hydrogens is 534 g/mol. The van der Waals surface area contributed by atoms with Crippen LogP contribution >= 0.6 is 0 Å². The van der Waals surface area contributed by atoms with Crippen LogP contribution in [0.3, 0.4) is 0 Å². The molecule has 0 unspecified atom stereocenters. The van der Waals surface area contributed by atoms with Crippen LogP contribution in [0.25, 0.3) is 22.0 Å². The molecule has 3 aromatic heterocycles. The zero-order valence-electron chi connectivity index (χ0n) is 23.3. The van der Waals surface area contributed by atoms with Crippen molar-refractivity contribution in [3.63, 3.8) is 0 Å². The van der Waals surface area contributed by atoms with Crippen molar-refractivity contribution >= 4 is 34.5 Å². The lowest BCUT2D eigenvalue weighted by Crippen LogP contribution is -2.33. The summed E-state index contributed by atoms with van der Waals surface area (Å²) < 4.78 is 1.04. The minimum Gasteiger partial charge on any atom is -0.476 e. The standard InChI is InChI=1S/C31H33N7O4/c39-29(34-23-6-2-3-7-23)26-10-9-24(18-33-26)35-31(42)38-27-11-8-21(15-25(27)28(36-38)30(40)41)22-14-20(16-32-17-22)19-37-12-4-1-5-13-37/h8-11,14-18,23H,1-7,12-13,19H2,(H,34,39)(H,35,42)(H,40,41). The Kier molecular flexibility index (Phi) is 7.91. The molecule has 42 heavy (non-hydrogen) atoms. The predicted octanol–water partition coefficient (Wildman–Crippen LogP) is 4.93. The third-order valence-corrected chi connectivity index (χ3v) is 8.00. The number of carboxylic acids is 1. The third-order valence-electron chi connectivity index (χ3n) is 8.00. The fourth-order valence-corrected chi connectivity index (χ4v) is 5.83. The maximum atomic E-state index is 13.2. The second-order valence-electron chi connectivity index (χ2n) is 11.0. The second-order valence-corrected chi connectivity index (χ2v) is 11.0. The van der Waals surface area contributed by atoms with Gasteiger partial charge in [-0.3, -0.25) is 14.7 Å². The Labute approximate surface area is 243 Å². The lowest BCUT2D eigenvalue weighted by molar-refractivity contribution is 0.0691. The van der Waals surface area contributed by atoms with Crippen molar-refractivity contribution in [2.45, 2.75) is 57.5 Å². The molecule has 0 spiro atoms. The smallest absolute Gasteiger partial charge is 0.357 e. The van der Waals surface area contributed by atoms with Crippen molar-refractivity contribution in [3.8, 4) is 11.1 Å². The van der Waals surface area contributed by atoms with Gasteiger partial charge in [0.1, 0.15) is 5.69 Å². The fourth-order valence-electron chi connectivity index (χ4n) is 5.83. The van der Waals surface area contributed by atoms with Crippen LogP contribution in [0, 0.1) is 0 Å². The maximum absolute atomic E-state index is 13.2. The summed E-state index contributed by atoms with van der Waals surface area (Å²) in [5.74, 6) is -1.48. The average Bonchev–Trinajstić information content (AvgIpc) is 3.66. The number of hydrogen-bond acceptors (Lipinski definition) is 7. The first kappa shape index (κ1) is 27.5. The molecule has 11 nitrogen and oxygen atoms in total. The number of nitrogens with zero attached hydrogens (tertiary/aromatic N) is 5. The van der Waals surface area contributed by atoms with E-state index in [2.05, 4.69) is 36.7 Å². The van der Waals surface area contributed by atoms with Gasteiger partial charge in [0.15, 0.2) is 5.69 Å². The molecule has 1 saturated carbocycles. The van der Waals surface area contributed by atoms with E-state index in [1.165, 1.54) is 25.5 Å². The highest BCUT2D eigenvalue weighted by Gasteiger charge is 2.22. The summed E-state index contributed by atoms with van der Waals surface area (Å²) in [7, 11) is 0. The van der Waals surface area contributed by atoms with Gasteiger partial charge in [-0.15, -0.1) is 0 Å². The molecule has 1 aliphatic carbocycles. The van der Waals surface area contributed by atoms with Gasteiger partial charge in [-0.05, 0) is 80.2 Å². The van der Waals surface area contributed by atoms with Crippen LogP contribution < -0.4 is 10.6 Å². The van der Waals surface area contributed by atoms with Gasteiger partial charge < -0.3 is 15.7 Å².